The number of halogens is 1. The summed E-state index contributed by atoms with van der Waals surface area (Å²) in [5, 5.41) is 10.6. The van der Waals surface area contributed by atoms with Gasteiger partial charge in [-0.1, -0.05) is 0 Å². The topological polar surface area (TPSA) is 62.2 Å². The van der Waals surface area contributed by atoms with E-state index in [4.69, 9.17) is 5.11 Å². The molecule has 1 amide bonds. The van der Waals surface area contributed by atoms with Gasteiger partial charge in [0.25, 0.3) is 0 Å². The summed E-state index contributed by atoms with van der Waals surface area (Å²) in [6, 6.07) is 1.91. The Hall–Kier alpha value is -1.10. The zero-order valence-electron chi connectivity index (χ0n) is 6.83. The number of nitrogens with one attached hydrogen (secondary N) is 1. The fourth-order valence-corrected chi connectivity index (χ4v) is 1.32. The number of carbonyl (C=O) groups is 1. The number of nitrogens with zero attached hydrogens (tertiary/aromatic N) is 1. The highest BCUT2D eigenvalue weighted by Crippen LogP contribution is 2.09. The van der Waals surface area contributed by atoms with Gasteiger partial charge in [-0.05, 0) is 34.0 Å². The van der Waals surface area contributed by atoms with Gasteiger partial charge in [-0.15, -0.1) is 0 Å². The van der Waals surface area contributed by atoms with Gasteiger partial charge in [0.05, 0.1) is 0 Å². The predicted octanol–water partition coefficient (Wildman–Crippen LogP) is 1.65. The van der Waals surface area contributed by atoms with E-state index in [0.29, 0.717) is 13.0 Å². The molecule has 0 unspecified atom stereocenters. The molecule has 0 aliphatic carbocycles. The van der Waals surface area contributed by atoms with E-state index in [1.54, 1.807) is 12.4 Å². The maximum absolute atomic E-state index is 10.1. The number of pyridine rings is 1. The molecule has 0 radical (unpaired) electrons. The Morgan fingerprint density at radius 1 is 1.62 bits per heavy atom. The van der Waals surface area contributed by atoms with E-state index < -0.39 is 6.09 Å². The summed E-state index contributed by atoms with van der Waals surface area (Å²) >= 11 is 3.28. The highest BCUT2D eigenvalue weighted by molar-refractivity contribution is 9.10. The van der Waals surface area contributed by atoms with Gasteiger partial charge in [0.1, 0.15) is 0 Å². The van der Waals surface area contributed by atoms with Crippen LogP contribution >= 0.6 is 15.9 Å². The Morgan fingerprint density at radius 2 is 2.38 bits per heavy atom. The molecule has 0 aliphatic heterocycles. The summed E-state index contributed by atoms with van der Waals surface area (Å²) < 4.78 is 0.903. The molecule has 0 fully saturated rings. The first-order chi connectivity index (χ1) is 6.18. The lowest BCUT2D eigenvalue weighted by Gasteiger charge is -2.00. The molecule has 0 aliphatic rings. The van der Waals surface area contributed by atoms with Crippen LogP contribution in [0.4, 0.5) is 4.79 Å². The first kappa shape index (κ1) is 9.98. The van der Waals surface area contributed by atoms with Crippen LogP contribution in [0.1, 0.15) is 5.56 Å². The number of hydrogen-bond acceptors (Lipinski definition) is 2. The molecule has 4 nitrogen and oxygen atoms in total. The summed E-state index contributed by atoms with van der Waals surface area (Å²) in [4.78, 5) is 14.1. The molecular weight excluding hydrogens is 236 g/mol. The lowest BCUT2D eigenvalue weighted by Crippen LogP contribution is -2.23. The zero-order valence-corrected chi connectivity index (χ0v) is 8.41. The van der Waals surface area contributed by atoms with E-state index >= 15 is 0 Å². The molecule has 0 saturated carbocycles. The van der Waals surface area contributed by atoms with E-state index in [0.717, 1.165) is 10.0 Å². The minimum absolute atomic E-state index is 0.410. The Morgan fingerprint density at radius 3 is 3.00 bits per heavy atom. The third-order valence-corrected chi connectivity index (χ3v) is 1.89. The van der Waals surface area contributed by atoms with Gasteiger partial charge in [-0.3, -0.25) is 4.98 Å². The molecule has 0 saturated heterocycles. The van der Waals surface area contributed by atoms with Gasteiger partial charge in [0, 0.05) is 23.4 Å². The van der Waals surface area contributed by atoms with E-state index in [9.17, 15) is 4.79 Å². The second kappa shape index (κ2) is 4.81. The van der Waals surface area contributed by atoms with Crippen LogP contribution in [0, 0.1) is 0 Å². The zero-order chi connectivity index (χ0) is 9.68. The van der Waals surface area contributed by atoms with Gasteiger partial charge < -0.3 is 10.4 Å². The second-order valence-electron chi connectivity index (χ2n) is 2.49. The van der Waals surface area contributed by atoms with Crippen LogP contribution in [0.25, 0.3) is 0 Å². The van der Waals surface area contributed by atoms with Crippen molar-refractivity contribution in [3.8, 4) is 0 Å². The minimum atomic E-state index is -0.997. The Bertz CT molecular complexity index is 304. The second-order valence-corrected chi connectivity index (χ2v) is 3.41. The molecule has 0 aromatic carbocycles. The molecule has 2 N–H and O–H groups in total. The normalized spacial score (nSPS) is 9.62. The van der Waals surface area contributed by atoms with Crippen molar-refractivity contribution >= 4 is 22.0 Å². The standard InChI is InChI=1S/C8H9BrN2O2/c9-7-3-6(4-10-5-7)1-2-11-8(12)13/h3-5,11H,1-2H2,(H,12,13). The molecule has 13 heavy (non-hydrogen) atoms. The number of amides is 1. The van der Waals surface area contributed by atoms with Gasteiger partial charge >= 0.3 is 6.09 Å². The Balaban J connectivity index is 2.41. The van der Waals surface area contributed by atoms with Gasteiger partial charge in [-0.2, -0.15) is 0 Å². The molecule has 0 bridgehead atoms. The SMILES string of the molecule is O=C(O)NCCc1cncc(Br)c1. The maximum Gasteiger partial charge on any atom is 0.404 e. The van der Waals surface area contributed by atoms with Crippen molar-refractivity contribution in [2.24, 2.45) is 0 Å². The molecule has 1 aromatic heterocycles. The van der Waals surface area contributed by atoms with Crippen LogP contribution in [0.3, 0.4) is 0 Å². The third kappa shape index (κ3) is 3.89. The number of hydrogen-bond donors (Lipinski definition) is 2. The Kier molecular flexibility index (Phi) is 3.70. The first-order valence-corrected chi connectivity index (χ1v) is 4.54. The smallest absolute Gasteiger partial charge is 0.404 e. The van der Waals surface area contributed by atoms with Gasteiger partial charge in [0.15, 0.2) is 0 Å². The fraction of sp³-hybridized carbons (Fsp3) is 0.250. The molecule has 70 valence electrons. The molecule has 0 atom stereocenters. The van der Waals surface area contributed by atoms with Crippen LogP contribution < -0.4 is 5.32 Å². The predicted molar refractivity (Wildman–Crippen MR) is 51.7 cm³/mol. The molecule has 1 rings (SSSR count). The van der Waals surface area contributed by atoms with E-state index in [-0.39, 0.29) is 0 Å². The van der Waals surface area contributed by atoms with Gasteiger partial charge in [0.2, 0.25) is 0 Å². The highest BCUT2D eigenvalue weighted by Gasteiger charge is 1.96. The number of rotatable bonds is 3. The van der Waals surface area contributed by atoms with E-state index in [1.807, 2.05) is 6.07 Å². The largest absolute Gasteiger partial charge is 0.465 e. The van der Waals surface area contributed by atoms with Crippen molar-refractivity contribution in [1.29, 1.82) is 0 Å². The lowest BCUT2D eigenvalue weighted by atomic mass is 10.2. The summed E-state index contributed by atoms with van der Waals surface area (Å²) in [7, 11) is 0. The van der Waals surface area contributed by atoms with Crippen LogP contribution in [-0.2, 0) is 6.42 Å². The van der Waals surface area contributed by atoms with Crippen molar-refractivity contribution in [3.05, 3.63) is 28.5 Å². The maximum atomic E-state index is 10.1. The first-order valence-electron chi connectivity index (χ1n) is 3.74. The average Bonchev–Trinajstić information content (AvgIpc) is 2.03. The molecule has 1 heterocycles. The lowest BCUT2D eigenvalue weighted by molar-refractivity contribution is 0.194. The van der Waals surface area contributed by atoms with Crippen molar-refractivity contribution in [2.45, 2.75) is 6.42 Å². The van der Waals surface area contributed by atoms with Gasteiger partial charge in [-0.25, -0.2) is 4.79 Å². The minimum Gasteiger partial charge on any atom is -0.465 e. The summed E-state index contributed by atoms with van der Waals surface area (Å²) in [6.07, 6.45) is 3.06. The summed E-state index contributed by atoms with van der Waals surface area (Å²) in [6.45, 7) is 0.410. The average molecular weight is 245 g/mol. The summed E-state index contributed by atoms with van der Waals surface area (Å²) in [5.41, 5.74) is 1.00. The summed E-state index contributed by atoms with van der Waals surface area (Å²) in [5.74, 6) is 0. The third-order valence-electron chi connectivity index (χ3n) is 1.45. The monoisotopic (exact) mass is 244 g/mol. The van der Waals surface area contributed by atoms with Crippen molar-refractivity contribution in [1.82, 2.24) is 10.3 Å². The molecule has 0 spiro atoms. The van der Waals surface area contributed by atoms with Crippen LogP contribution in [0.15, 0.2) is 22.9 Å². The van der Waals surface area contributed by atoms with E-state index in [2.05, 4.69) is 26.2 Å². The molecule has 1 aromatic rings. The van der Waals surface area contributed by atoms with Crippen LogP contribution in [0.2, 0.25) is 0 Å². The van der Waals surface area contributed by atoms with Crippen LogP contribution in [-0.4, -0.2) is 22.7 Å². The molecule has 5 heteroatoms. The van der Waals surface area contributed by atoms with E-state index in [1.165, 1.54) is 0 Å². The number of carboxylic acid groups (broad SMARTS) is 1. The quantitative estimate of drug-likeness (QED) is 0.851. The van der Waals surface area contributed by atoms with Crippen molar-refractivity contribution in [3.63, 3.8) is 0 Å². The Labute approximate surface area is 84.1 Å². The highest BCUT2D eigenvalue weighted by atomic mass is 79.9. The van der Waals surface area contributed by atoms with Crippen molar-refractivity contribution in [2.75, 3.05) is 6.54 Å². The van der Waals surface area contributed by atoms with Crippen LogP contribution in [0.5, 0.6) is 0 Å². The number of aromatic nitrogens is 1. The molecular formula is C8H9BrN2O2. The van der Waals surface area contributed by atoms with Crippen molar-refractivity contribution < 1.29 is 9.90 Å². The fourth-order valence-electron chi connectivity index (χ4n) is 0.906.